The molecule has 0 saturated carbocycles. The highest BCUT2D eigenvalue weighted by Gasteiger charge is 2.12. The van der Waals surface area contributed by atoms with Crippen LogP contribution in [0.15, 0.2) is 45.7 Å². The van der Waals surface area contributed by atoms with Crippen LogP contribution < -0.4 is 19.6 Å². The highest BCUT2D eigenvalue weighted by Crippen LogP contribution is 2.38. The molecule has 2 aromatic carbocycles. The Morgan fingerprint density at radius 1 is 0.960 bits per heavy atom. The zero-order chi connectivity index (χ0) is 17.8. The monoisotopic (exact) mass is 339 g/mol. The molecule has 0 saturated heterocycles. The number of methoxy groups -OCH3 is 3. The van der Waals surface area contributed by atoms with Gasteiger partial charge in [0, 0.05) is 0 Å². The minimum Gasteiger partial charge on any atom is -0.493 e. The largest absolute Gasteiger partial charge is 0.493 e. The lowest BCUT2D eigenvalue weighted by atomic mass is 10.1. The van der Waals surface area contributed by atoms with Gasteiger partial charge in [-0.15, -0.1) is 0 Å². The van der Waals surface area contributed by atoms with Crippen LogP contribution in [0.25, 0.3) is 23.1 Å². The second kappa shape index (κ2) is 7.09. The number of ether oxygens (including phenoxy) is 3. The third-order valence-corrected chi connectivity index (χ3v) is 3.72. The second-order valence-electron chi connectivity index (χ2n) is 5.19. The Hall–Kier alpha value is -3.28. The van der Waals surface area contributed by atoms with Gasteiger partial charge in [-0.05, 0) is 35.9 Å². The maximum Gasteiger partial charge on any atom is 0.224 e. The zero-order valence-electron chi connectivity index (χ0n) is 14.1. The Morgan fingerprint density at radius 3 is 2.28 bits per heavy atom. The molecule has 1 heterocycles. The first-order chi connectivity index (χ1) is 12.2. The predicted octanol–water partition coefficient (Wildman–Crippen LogP) is 3.38. The van der Waals surface area contributed by atoms with Crippen LogP contribution in [0.1, 0.15) is 11.3 Å². The van der Waals surface area contributed by atoms with Crippen LogP contribution in [-0.2, 0) is 0 Å². The van der Waals surface area contributed by atoms with Crippen molar-refractivity contribution < 1.29 is 18.7 Å². The van der Waals surface area contributed by atoms with Crippen molar-refractivity contribution in [2.24, 2.45) is 0 Å². The molecule has 0 aliphatic heterocycles. The Labute approximate surface area is 144 Å². The summed E-state index contributed by atoms with van der Waals surface area (Å²) in [6.45, 7) is 0. The molecule has 0 atom stereocenters. The van der Waals surface area contributed by atoms with E-state index < -0.39 is 0 Å². The number of aromatic nitrogens is 1. The topological polar surface area (TPSA) is 70.8 Å². The summed E-state index contributed by atoms with van der Waals surface area (Å²) in [6.07, 6.45) is 3.60. The maximum atomic E-state index is 11.9. The van der Waals surface area contributed by atoms with E-state index in [-0.39, 0.29) is 11.0 Å². The molecule has 128 valence electrons. The van der Waals surface area contributed by atoms with E-state index in [0.29, 0.717) is 28.3 Å². The van der Waals surface area contributed by atoms with Gasteiger partial charge in [0.1, 0.15) is 5.69 Å². The standard InChI is InChI=1S/C19H17NO5/c1-22-16-10-12(11-17(23-2)19(16)24-3)8-9-14-13-6-4-5-7-15(21)18(13)25-20-14/h4-11H,1-3H3/b9-8+. The first kappa shape index (κ1) is 16.6. The SMILES string of the molecule is COc1cc(/C=C/c2noc3c(=O)ccccc23)cc(OC)c1OC. The van der Waals surface area contributed by atoms with Crippen molar-refractivity contribution in [3.63, 3.8) is 0 Å². The molecule has 0 fully saturated rings. The Kier molecular flexibility index (Phi) is 4.70. The van der Waals surface area contributed by atoms with E-state index in [1.165, 1.54) is 6.07 Å². The average Bonchev–Trinajstić information content (AvgIpc) is 2.95. The Balaban J connectivity index is 2.05. The molecule has 0 unspecified atom stereocenters. The van der Waals surface area contributed by atoms with Crippen LogP contribution >= 0.6 is 0 Å². The van der Waals surface area contributed by atoms with E-state index in [0.717, 1.165) is 5.56 Å². The minimum absolute atomic E-state index is 0.208. The van der Waals surface area contributed by atoms with Crippen molar-refractivity contribution in [1.29, 1.82) is 0 Å². The molecule has 0 aliphatic rings. The van der Waals surface area contributed by atoms with Crippen molar-refractivity contribution in [3.05, 3.63) is 57.9 Å². The molecular weight excluding hydrogens is 322 g/mol. The number of hydrogen-bond acceptors (Lipinski definition) is 6. The molecule has 3 rings (SSSR count). The molecule has 0 aliphatic carbocycles. The molecule has 1 aromatic heterocycles. The van der Waals surface area contributed by atoms with Gasteiger partial charge in [0.15, 0.2) is 11.5 Å². The lowest BCUT2D eigenvalue weighted by molar-refractivity contribution is 0.324. The molecule has 0 amide bonds. The van der Waals surface area contributed by atoms with Crippen LogP contribution in [0.3, 0.4) is 0 Å². The summed E-state index contributed by atoms with van der Waals surface area (Å²) in [7, 11) is 4.68. The predicted molar refractivity (Wildman–Crippen MR) is 95.3 cm³/mol. The Bertz CT molecular complexity index is 966. The van der Waals surface area contributed by atoms with Gasteiger partial charge in [-0.25, -0.2) is 0 Å². The third kappa shape index (κ3) is 3.19. The highest BCUT2D eigenvalue weighted by atomic mass is 16.5. The number of hydrogen-bond donors (Lipinski definition) is 0. The second-order valence-corrected chi connectivity index (χ2v) is 5.19. The summed E-state index contributed by atoms with van der Waals surface area (Å²) >= 11 is 0. The van der Waals surface area contributed by atoms with Gasteiger partial charge >= 0.3 is 0 Å². The molecule has 0 spiro atoms. The lowest BCUT2D eigenvalue weighted by Crippen LogP contribution is -1.95. The van der Waals surface area contributed by atoms with Gasteiger partial charge in [0.05, 0.1) is 26.7 Å². The van der Waals surface area contributed by atoms with Gasteiger partial charge in [-0.3, -0.25) is 4.79 Å². The van der Waals surface area contributed by atoms with Crippen LogP contribution in [0.2, 0.25) is 0 Å². The first-order valence-corrected chi connectivity index (χ1v) is 7.54. The molecule has 25 heavy (non-hydrogen) atoms. The molecule has 0 N–H and O–H groups in total. The smallest absolute Gasteiger partial charge is 0.224 e. The van der Waals surface area contributed by atoms with E-state index in [4.69, 9.17) is 18.7 Å². The molecule has 3 aromatic rings. The van der Waals surface area contributed by atoms with E-state index in [1.807, 2.05) is 18.2 Å². The van der Waals surface area contributed by atoms with Gasteiger partial charge < -0.3 is 18.7 Å². The van der Waals surface area contributed by atoms with Crippen LogP contribution in [0.4, 0.5) is 0 Å². The lowest BCUT2D eigenvalue weighted by Gasteiger charge is -2.12. The summed E-state index contributed by atoms with van der Waals surface area (Å²) in [5, 5.41) is 4.62. The number of fused-ring (bicyclic) bond motifs is 1. The van der Waals surface area contributed by atoms with E-state index in [9.17, 15) is 4.79 Å². The molecule has 6 nitrogen and oxygen atoms in total. The van der Waals surface area contributed by atoms with Crippen molar-refractivity contribution in [2.45, 2.75) is 0 Å². The molecular formula is C19H17NO5. The van der Waals surface area contributed by atoms with Crippen molar-refractivity contribution in [2.75, 3.05) is 21.3 Å². The van der Waals surface area contributed by atoms with Gasteiger partial charge in [-0.2, -0.15) is 0 Å². The summed E-state index contributed by atoms with van der Waals surface area (Å²) in [4.78, 5) is 11.9. The fourth-order valence-corrected chi connectivity index (χ4v) is 2.51. The minimum atomic E-state index is -0.208. The van der Waals surface area contributed by atoms with E-state index >= 15 is 0 Å². The van der Waals surface area contributed by atoms with Crippen LogP contribution in [0.5, 0.6) is 17.2 Å². The summed E-state index contributed by atoms with van der Waals surface area (Å²) in [5.74, 6) is 1.64. The van der Waals surface area contributed by atoms with E-state index in [2.05, 4.69) is 5.16 Å². The fraction of sp³-hybridized carbons (Fsp3) is 0.158. The fourth-order valence-electron chi connectivity index (χ4n) is 2.51. The summed E-state index contributed by atoms with van der Waals surface area (Å²) < 4.78 is 21.2. The summed E-state index contributed by atoms with van der Waals surface area (Å²) in [5.41, 5.74) is 1.42. The number of rotatable bonds is 5. The van der Waals surface area contributed by atoms with Crippen molar-refractivity contribution >= 4 is 23.1 Å². The summed E-state index contributed by atoms with van der Waals surface area (Å²) in [6, 6.07) is 10.3. The number of nitrogens with zero attached hydrogens (tertiary/aromatic N) is 1. The normalized spacial score (nSPS) is 11.0. The quantitative estimate of drug-likeness (QED) is 0.710. The zero-order valence-corrected chi connectivity index (χ0v) is 14.1. The molecule has 0 radical (unpaired) electrons. The molecule has 0 bridgehead atoms. The van der Waals surface area contributed by atoms with Gasteiger partial charge in [-0.1, -0.05) is 23.4 Å². The first-order valence-electron chi connectivity index (χ1n) is 7.54. The van der Waals surface area contributed by atoms with Crippen molar-refractivity contribution in [1.82, 2.24) is 5.16 Å². The van der Waals surface area contributed by atoms with E-state index in [1.54, 1.807) is 45.6 Å². The average molecular weight is 339 g/mol. The van der Waals surface area contributed by atoms with Gasteiger partial charge in [0.2, 0.25) is 16.8 Å². The maximum absolute atomic E-state index is 11.9. The van der Waals surface area contributed by atoms with Crippen LogP contribution in [0, 0.1) is 0 Å². The Morgan fingerprint density at radius 2 is 1.64 bits per heavy atom. The van der Waals surface area contributed by atoms with Crippen LogP contribution in [-0.4, -0.2) is 26.5 Å². The highest BCUT2D eigenvalue weighted by molar-refractivity contribution is 5.87. The molecule has 6 heteroatoms. The van der Waals surface area contributed by atoms with Gasteiger partial charge in [0.25, 0.3) is 0 Å². The number of benzene rings is 1. The third-order valence-electron chi connectivity index (χ3n) is 3.72. The van der Waals surface area contributed by atoms with Crippen molar-refractivity contribution in [3.8, 4) is 17.2 Å².